The van der Waals surface area contributed by atoms with Crippen LogP contribution in [0.15, 0.2) is 51.4 Å². The number of halogens is 2. The van der Waals surface area contributed by atoms with Crippen molar-refractivity contribution in [2.45, 2.75) is 75.5 Å². The van der Waals surface area contributed by atoms with Crippen LogP contribution >= 0.6 is 31.9 Å². The van der Waals surface area contributed by atoms with Gasteiger partial charge >= 0.3 is 12.1 Å². The molecule has 13 heteroatoms. The molecule has 0 bridgehead atoms. The lowest BCUT2D eigenvalue weighted by Gasteiger charge is -2.41. The number of imide groups is 1. The van der Waals surface area contributed by atoms with Gasteiger partial charge < -0.3 is 31.1 Å². The topological polar surface area (TPSA) is 131 Å². The molecule has 4 heterocycles. The maximum Gasteiger partial charge on any atom is 0.325 e. The number of hydrogen-bond donors (Lipinski definition) is 3. The van der Waals surface area contributed by atoms with Gasteiger partial charge in [-0.05, 0) is 107 Å². The average molecular weight is 774 g/mol. The summed E-state index contributed by atoms with van der Waals surface area (Å²) in [5, 5.41) is 5.87. The average Bonchev–Trinajstić information content (AvgIpc) is 3.40. The van der Waals surface area contributed by atoms with Crippen LogP contribution in [0.25, 0.3) is 0 Å². The first-order valence-electron chi connectivity index (χ1n) is 16.7. The zero-order valence-corrected chi connectivity index (χ0v) is 29.7. The molecule has 0 saturated carbocycles. The summed E-state index contributed by atoms with van der Waals surface area (Å²) in [6.45, 7) is 4.35. The molecule has 2 atom stereocenters. The Balaban J connectivity index is 1.09. The van der Waals surface area contributed by atoms with E-state index in [1.54, 1.807) is 4.90 Å². The molecular formula is C34H43Br2N7O4. The molecule has 4 aliphatic rings. The fourth-order valence-corrected chi connectivity index (χ4v) is 8.71. The van der Waals surface area contributed by atoms with Crippen LogP contribution < -0.4 is 16.4 Å². The zero-order valence-electron chi connectivity index (χ0n) is 26.5. The van der Waals surface area contributed by atoms with Gasteiger partial charge in [-0.2, -0.15) is 0 Å². The summed E-state index contributed by atoms with van der Waals surface area (Å²) in [6, 6.07) is 11.0. The van der Waals surface area contributed by atoms with E-state index in [1.807, 2.05) is 47.4 Å². The highest BCUT2D eigenvalue weighted by molar-refractivity contribution is 9.11. The first kappa shape index (κ1) is 33.7. The van der Waals surface area contributed by atoms with Crippen molar-refractivity contribution in [1.29, 1.82) is 0 Å². The Morgan fingerprint density at radius 2 is 1.45 bits per heavy atom. The van der Waals surface area contributed by atoms with Crippen LogP contribution in [-0.2, 0) is 16.0 Å². The quantitative estimate of drug-likeness (QED) is 0.278. The zero-order chi connectivity index (χ0) is 33.1. The van der Waals surface area contributed by atoms with Crippen LogP contribution in [0.5, 0.6) is 0 Å². The number of benzene rings is 2. The second-order valence-corrected chi connectivity index (χ2v) is 14.8. The largest absolute Gasteiger partial charge is 0.397 e. The lowest BCUT2D eigenvalue weighted by atomic mass is 9.98. The van der Waals surface area contributed by atoms with Gasteiger partial charge in [-0.15, -0.1) is 0 Å². The number of nitrogens with two attached hydrogens (primary N) is 1. The van der Waals surface area contributed by atoms with Crippen LogP contribution in [0.1, 0.15) is 62.1 Å². The van der Waals surface area contributed by atoms with E-state index in [-0.39, 0.29) is 23.9 Å². The molecule has 4 fully saturated rings. The third-order valence-electron chi connectivity index (χ3n) is 10.1. The molecule has 2 aromatic carbocycles. The Bertz CT molecular complexity index is 1450. The van der Waals surface area contributed by atoms with Crippen LogP contribution in [0.2, 0.25) is 0 Å². The normalized spacial score (nSPS) is 22.3. The molecule has 0 radical (unpaired) electrons. The van der Waals surface area contributed by atoms with Crippen LogP contribution in [0.3, 0.4) is 0 Å². The third kappa shape index (κ3) is 7.62. The van der Waals surface area contributed by atoms with Crippen molar-refractivity contribution in [2.24, 2.45) is 0 Å². The predicted molar refractivity (Wildman–Crippen MR) is 186 cm³/mol. The molecule has 6 amide bonds. The fourth-order valence-electron chi connectivity index (χ4n) is 7.42. The molecule has 47 heavy (non-hydrogen) atoms. The summed E-state index contributed by atoms with van der Waals surface area (Å²) in [6.07, 6.45) is 6.90. The highest BCUT2D eigenvalue weighted by atomic mass is 79.9. The number of nitrogens with one attached hydrogen (secondary N) is 2. The Labute approximate surface area is 292 Å². The van der Waals surface area contributed by atoms with E-state index >= 15 is 0 Å². The van der Waals surface area contributed by atoms with Gasteiger partial charge in [0, 0.05) is 53.6 Å². The van der Waals surface area contributed by atoms with Crippen molar-refractivity contribution in [3.8, 4) is 0 Å². The number of hydrogen-bond acceptors (Lipinski definition) is 6. The van der Waals surface area contributed by atoms with Crippen molar-refractivity contribution >= 4 is 61.4 Å². The van der Waals surface area contributed by atoms with Crippen LogP contribution in [0.4, 0.5) is 15.3 Å². The van der Waals surface area contributed by atoms with Crippen molar-refractivity contribution in [3.63, 3.8) is 0 Å². The SMILES string of the molecule is Nc1c(Br)cc(C[C@@H](NC(=O)N2CCC(N3C(=O)NC(c4ccccc4)C3=O)CC2)C(=O)N2CCC(N3CCCCC3)CC2)cc1Br. The van der Waals surface area contributed by atoms with E-state index < -0.39 is 18.1 Å². The second kappa shape index (κ2) is 14.9. The lowest BCUT2D eigenvalue weighted by Crippen LogP contribution is -2.57. The monoisotopic (exact) mass is 771 g/mol. The summed E-state index contributed by atoms with van der Waals surface area (Å²) in [7, 11) is 0. The van der Waals surface area contributed by atoms with Gasteiger partial charge in [-0.3, -0.25) is 14.5 Å². The smallest absolute Gasteiger partial charge is 0.325 e. The predicted octanol–water partition coefficient (Wildman–Crippen LogP) is 4.65. The first-order valence-corrected chi connectivity index (χ1v) is 18.3. The minimum absolute atomic E-state index is 0.0827. The van der Waals surface area contributed by atoms with Gasteiger partial charge in [0.05, 0.1) is 5.69 Å². The number of carbonyl (C=O) groups is 4. The molecule has 6 rings (SSSR count). The number of nitrogens with zero attached hydrogens (tertiary/aromatic N) is 4. The minimum atomic E-state index is -0.758. The summed E-state index contributed by atoms with van der Waals surface area (Å²) >= 11 is 7.02. The maximum absolute atomic E-state index is 14.0. The summed E-state index contributed by atoms with van der Waals surface area (Å²) in [5.41, 5.74) is 8.31. The minimum Gasteiger partial charge on any atom is -0.397 e. The molecule has 0 aromatic heterocycles. The number of likely N-dealkylation sites (tertiary alicyclic amines) is 3. The van der Waals surface area contributed by atoms with Crippen molar-refractivity contribution in [1.82, 2.24) is 30.2 Å². The highest BCUT2D eigenvalue weighted by Gasteiger charge is 2.44. The summed E-state index contributed by atoms with van der Waals surface area (Å²) in [4.78, 5) is 61.3. The van der Waals surface area contributed by atoms with Gasteiger partial charge in [0.2, 0.25) is 5.91 Å². The Morgan fingerprint density at radius 3 is 2.09 bits per heavy atom. The molecule has 4 N–H and O–H groups in total. The second-order valence-electron chi connectivity index (χ2n) is 13.1. The Hall–Kier alpha value is -3.16. The molecule has 0 spiro atoms. The Kier molecular flexibility index (Phi) is 10.7. The highest BCUT2D eigenvalue weighted by Crippen LogP contribution is 2.31. The van der Waals surface area contributed by atoms with Crippen molar-refractivity contribution < 1.29 is 19.2 Å². The molecule has 0 aliphatic carbocycles. The molecule has 4 aliphatic heterocycles. The molecule has 4 saturated heterocycles. The summed E-state index contributed by atoms with van der Waals surface area (Å²) in [5.74, 6) is -0.347. The van der Waals surface area contributed by atoms with Crippen molar-refractivity contribution in [2.75, 3.05) is 45.0 Å². The first-order chi connectivity index (χ1) is 22.7. The number of piperidine rings is 3. The van der Waals surface area contributed by atoms with Gasteiger partial charge in [-0.25, -0.2) is 9.59 Å². The van der Waals surface area contributed by atoms with Gasteiger partial charge in [0.15, 0.2) is 0 Å². The number of urea groups is 2. The number of carbonyl (C=O) groups excluding carboxylic acids is 4. The van der Waals surface area contributed by atoms with Gasteiger partial charge in [0.25, 0.3) is 5.91 Å². The lowest BCUT2D eigenvalue weighted by molar-refractivity contribution is -0.135. The van der Waals surface area contributed by atoms with E-state index in [0.717, 1.165) is 46.0 Å². The molecule has 252 valence electrons. The standard InChI is InChI=1S/C34H43Br2N7O4/c35-26-19-22(20-27(36)29(26)37)21-28(31(44)41-15-9-24(10-16-41)40-13-5-2-6-14-40)38-33(46)42-17-11-25(12-18-42)43-32(45)30(39-34(43)47)23-7-3-1-4-8-23/h1,3-4,7-8,19-20,24-25,28,30H,2,5-6,9-18,21,37H2,(H,38,46)(H,39,47)/t28-,30?/m1/s1. The molecular weight excluding hydrogens is 730 g/mol. The molecule has 11 nitrogen and oxygen atoms in total. The van der Waals surface area contributed by atoms with E-state index in [9.17, 15) is 19.2 Å². The van der Waals surface area contributed by atoms with Gasteiger partial charge in [0.1, 0.15) is 12.1 Å². The van der Waals surface area contributed by atoms with Crippen LogP contribution in [0, 0.1) is 0 Å². The van der Waals surface area contributed by atoms with E-state index in [0.29, 0.717) is 57.2 Å². The number of amides is 6. The van der Waals surface area contributed by atoms with E-state index in [1.165, 1.54) is 24.2 Å². The third-order valence-corrected chi connectivity index (χ3v) is 11.4. The summed E-state index contributed by atoms with van der Waals surface area (Å²) < 4.78 is 1.44. The van der Waals surface area contributed by atoms with Gasteiger partial charge in [-0.1, -0.05) is 36.8 Å². The fraction of sp³-hybridized carbons (Fsp3) is 0.529. The van der Waals surface area contributed by atoms with E-state index in [4.69, 9.17) is 5.73 Å². The maximum atomic E-state index is 14.0. The number of nitrogen functional groups attached to an aromatic ring is 1. The number of rotatable bonds is 7. The Morgan fingerprint density at radius 1 is 0.851 bits per heavy atom. The molecule has 2 aromatic rings. The van der Waals surface area contributed by atoms with E-state index in [2.05, 4.69) is 47.4 Å². The van der Waals surface area contributed by atoms with Crippen molar-refractivity contribution in [3.05, 3.63) is 62.5 Å². The van der Waals surface area contributed by atoms with Crippen LogP contribution in [-0.4, -0.2) is 101 Å². The number of anilines is 1. The molecule has 1 unspecified atom stereocenters.